The van der Waals surface area contributed by atoms with Crippen LogP contribution in [0.2, 0.25) is 0 Å². The highest BCUT2D eigenvalue weighted by molar-refractivity contribution is 7.47. The van der Waals surface area contributed by atoms with Crippen molar-refractivity contribution in [3.8, 4) is 0 Å². The molecule has 0 amide bonds. The van der Waals surface area contributed by atoms with E-state index in [0.717, 1.165) is 154 Å². The van der Waals surface area contributed by atoms with Crippen LogP contribution in [0.25, 0.3) is 0 Å². The van der Waals surface area contributed by atoms with Crippen molar-refractivity contribution < 1.29 is 80.2 Å². The van der Waals surface area contributed by atoms with Crippen molar-refractivity contribution in [1.29, 1.82) is 0 Å². The summed E-state index contributed by atoms with van der Waals surface area (Å²) in [6.45, 7) is 4.86. The minimum atomic E-state index is -4.98. The Balaban J connectivity index is 5.35. The Hall–Kier alpha value is -3.24. The van der Waals surface area contributed by atoms with E-state index >= 15 is 0 Å². The fourth-order valence-corrected chi connectivity index (χ4v) is 12.8. The number of allylic oxidation sites excluding steroid dienone is 10. The maximum atomic E-state index is 13.1. The predicted octanol–water partition coefficient (Wildman–Crippen LogP) is 23.5. The van der Waals surface area contributed by atoms with Crippen molar-refractivity contribution in [3.63, 3.8) is 0 Å². The minimum absolute atomic E-state index is 0.0858. The molecule has 584 valence electrons. The number of hydrogen-bond acceptors (Lipinski definition) is 15. The number of aliphatic hydroxyl groups is 1. The maximum absolute atomic E-state index is 13.1. The van der Waals surface area contributed by atoms with Crippen molar-refractivity contribution in [2.24, 2.45) is 0 Å². The third-order valence-electron chi connectivity index (χ3n) is 17.5. The summed E-state index contributed by atoms with van der Waals surface area (Å²) in [6, 6.07) is 0. The van der Waals surface area contributed by atoms with Gasteiger partial charge in [0.25, 0.3) is 0 Å². The lowest BCUT2D eigenvalue weighted by molar-refractivity contribution is -0.161. The fraction of sp³-hybridized carbons (Fsp3) is 0.827. The van der Waals surface area contributed by atoms with Gasteiger partial charge in [-0.15, -0.1) is 0 Å². The first kappa shape index (κ1) is 96.8. The molecule has 0 aromatic rings. The lowest BCUT2D eigenvalue weighted by atomic mass is 10.0. The highest BCUT2D eigenvalue weighted by Crippen LogP contribution is 2.45. The van der Waals surface area contributed by atoms with Crippen LogP contribution >= 0.6 is 15.6 Å². The number of hydrogen-bond donors (Lipinski definition) is 3. The molecule has 0 aliphatic rings. The van der Waals surface area contributed by atoms with Gasteiger partial charge in [-0.1, -0.05) is 294 Å². The van der Waals surface area contributed by atoms with Crippen LogP contribution in [0.5, 0.6) is 0 Å². The van der Waals surface area contributed by atoms with E-state index in [-0.39, 0.29) is 25.7 Å². The van der Waals surface area contributed by atoms with Crippen LogP contribution in [0.4, 0.5) is 0 Å². The normalized spacial score (nSPS) is 14.2. The Morgan fingerprint density at radius 1 is 0.280 bits per heavy atom. The maximum Gasteiger partial charge on any atom is 0.472 e. The van der Waals surface area contributed by atoms with Gasteiger partial charge < -0.3 is 33.8 Å². The number of unbranched alkanes of at least 4 members (excludes halogenated alkanes) is 41. The van der Waals surface area contributed by atoms with Crippen LogP contribution in [0.1, 0.15) is 374 Å². The van der Waals surface area contributed by atoms with E-state index in [0.29, 0.717) is 25.7 Å². The molecule has 0 fully saturated rings. The average Bonchev–Trinajstić information content (AvgIpc) is 1.01. The summed E-state index contributed by atoms with van der Waals surface area (Å²) in [5, 5.41) is 10.6. The lowest BCUT2D eigenvalue weighted by Crippen LogP contribution is -2.30. The van der Waals surface area contributed by atoms with Gasteiger partial charge in [0.05, 0.1) is 26.4 Å². The molecule has 0 rings (SSSR count). The molecule has 0 radical (unpaired) electrons. The van der Waals surface area contributed by atoms with Gasteiger partial charge in [-0.25, -0.2) is 9.13 Å². The van der Waals surface area contributed by atoms with Gasteiger partial charge in [-0.05, 0) is 116 Å². The van der Waals surface area contributed by atoms with E-state index in [2.05, 4.69) is 88.5 Å². The summed E-state index contributed by atoms with van der Waals surface area (Å²) in [7, 11) is -9.95. The molecule has 0 bridgehead atoms. The molecule has 0 aromatic carbocycles. The van der Waals surface area contributed by atoms with E-state index in [4.69, 9.17) is 37.0 Å². The van der Waals surface area contributed by atoms with Gasteiger partial charge >= 0.3 is 39.5 Å². The fourth-order valence-electron chi connectivity index (χ4n) is 11.2. The SMILES string of the molecule is CCCCC/C=C\C/C=C\CCCCCCCC(=O)OC[C@H](COP(=O)(O)OC[C@@H](O)COP(=O)(O)OC[C@@H](COC(=O)CCCCCCC/C=C\C/C=C\CCCCC)OC(=O)CCCCCCCCCCCCCCCCC)OC(=O)CCCCCCC/C=C\CCCCCCCC. The highest BCUT2D eigenvalue weighted by atomic mass is 31.2. The molecule has 0 saturated heterocycles. The predicted molar refractivity (Wildman–Crippen MR) is 409 cm³/mol. The van der Waals surface area contributed by atoms with Crippen LogP contribution in [-0.4, -0.2) is 96.7 Å². The van der Waals surface area contributed by atoms with E-state index in [1.165, 1.54) is 141 Å². The second-order valence-corrected chi connectivity index (χ2v) is 30.3. The number of carbonyl (C=O) groups excluding carboxylic acids is 4. The van der Waals surface area contributed by atoms with E-state index in [9.17, 15) is 43.2 Å². The molecule has 3 N–H and O–H groups in total. The Morgan fingerprint density at radius 3 is 0.770 bits per heavy atom. The smallest absolute Gasteiger partial charge is 0.462 e. The first-order valence-corrected chi connectivity index (χ1v) is 43.5. The third-order valence-corrected chi connectivity index (χ3v) is 19.4. The molecule has 0 heterocycles. The first-order valence-electron chi connectivity index (χ1n) is 40.5. The Morgan fingerprint density at radius 2 is 0.490 bits per heavy atom. The number of ether oxygens (including phenoxy) is 4. The molecule has 17 nitrogen and oxygen atoms in total. The minimum Gasteiger partial charge on any atom is -0.462 e. The second-order valence-electron chi connectivity index (χ2n) is 27.4. The number of phosphoric ester groups is 2. The summed E-state index contributed by atoms with van der Waals surface area (Å²) >= 11 is 0. The van der Waals surface area contributed by atoms with Crippen LogP contribution < -0.4 is 0 Å². The monoisotopic (exact) mass is 1460 g/mol. The summed E-state index contributed by atoms with van der Waals surface area (Å²) in [6.07, 6.45) is 73.3. The Labute approximate surface area is 610 Å². The number of rotatable bonds is 77. The quantitative estimate of drug-likeness (QED) is 0.0169. The standard InChI is InChI=1S/C81H148O17P2/c1-5-9-13-17-21-25-29-33-37-41-45-49-53-57-61-65-78(83)91-71-76(97-80(85)67-63-59-55-51-47-43-39-35-31-27-23-19-15-11-7-3)73-95-99(87,88)93-69-75(82)70-94-100(89,90)96-74-77(98-81(86)68-64-60-56-52-48-44-40-36-32-28-24-20-16-12-8-4)72-92-79(84)66-62-58-54-50-46-42-38-34-30-26-22-18-14-10-6-2/h21-22,25-26,33-35,37-39,75-77,82H,5-20,23-24,27-32,36,40-74H2,1-4H3,(H,87,88)(H,89,90)/b25-21-,26-22-,37-33-,38-34-,39-35-/t75-,76-,77-/m1/s1. The summed E-state index contributed by atoms with van der Waals surface area (Å²) in [5.74, 6) is -2.18. The molecule has 100 heavy (non-hydrogen) atoms. The van der Waals surface area contributed by atoms with Crippen molar-refractivity contribution in [2.75, 3.05) is 39.6 Å². The Kier molecular flexibility index (Phi) is 71.6. The number of aliphatic hydroxyl groups excluding tert-OH is 1. The van der Waals surface area contributed by atoms with Gasteiger partial charge in [0.15, 0.2) is 12.2 Å². The topological polar surface area (TPSA) is 237 Å². The number of phosphoric acid groups is 2. The molecule has 0 saturated carbocycles. The van der Waals surface area contributed by atoms with Crippen molar-refractivity contribution in [3.05, 3.63) is 60.8 Å². The third kappa shape index (κ3) is 73.1. The summed E-state index contributed by atoms with van der Waals surface area (Å²) in [4.78, 5) is 73.0. The van der Waals surface area contributed by atoms with Gasteiger partial charge in [-0.2, -0.15) is 0 Å². The van der Waals surface area contributed by atoms with Gasteiger partial charge in [0, 0.05) is 25.7 Å². The van der Waals surface area contributed by atoms with Crippen LogP contribution in [-0.2, 0) is 65.4 Å². The average molecular weight is 1460 g/mol. The summed E-state index contributed by atoms with van der Waals surface area (Å²) < 4.78 is 68.6. The second kappa shape index (κ2) is 74.0. The molecule has 0 aliphatic carbocycles. The van der Waals surface area contributed by atoms with Gasteiger partial charge in [0.2, 0.25) is 0 Å². The van der Waals surface area contributed by atoms with E-state index in [1.54, 1.807) is 0 Å². The molecule has 2 unspecified atom stereocenters. The molecular formula is C81H148O17P2. The molecule has 5 atom stereocenters. The van der Waals surface area contributed by atoms with Crippen LogP contribution in [0.15, 0.2) is 60.8 Å². The Bertz CT molecular complexity index is 2130. The molecule has 0 aromatic heterocycles. The van der Waals surface area contributed by atoms with Crippen molar-refractivity contribution in [1.82, 2.24) is 0 Å². The van der Waals surface area contributed by atoms with Crippen molar-refractivity contribution in [2.45, 2.75) is 393 Å². The van der Waals surface area contributed by atoms with Crippen LogP contribution in [0.3, 0.4) is 0 Å². The van der Waals surface area contributed by atoms with E-state index < -0.39 is 97.5 Å². The number of carbonyl (C=O) groups is 4. The first-order chi connectivity index (χ1) is 48.7. The molecule has 0 spiro atoms. The van der Waals surface area contributed by atoms with Gasteiger partial charge in [0.1, 0.15) is 19.3 Å². The highest BCUT2D eigenvalue weighted by Gasteiger charge is 2.30. The van der Waals surface area contributed by atoms with E-state index in [1.807, 2.05) is 0 Å². The zero-order valence-electron chi connectivity index (χ0n) is 63.9. The van der Waals surface area contributed by atoms with Gasteiger partial charge in [-0.3, -0.25) is 37.3 Å². The van der Waals surface area contributed by atoms with Crippen molar-refractivity contribution >= 4 is 39.5 Å². The molecule has 19 heteroatoms. The molecule has 0 aliphatic heterocycles. The van der Waals surface area contributed by atoms with Crippen LogP contribution in [0, 0.1) is 0 Å². The largest absolute Gasteiger partial charge is 0.472 e. The zero-order chi connectivity index (χ0) is 73.2. The number of esters is 4. The zero-order valence-corrected chi connectivity index (χ0v) is 65.7. The summed E-state index contributed by atoms with van der Waals surface area (Å²) in [5.41, 5.74) is 0. The lowest BCUT2D eigenvalue weighted by Gasteiger charge is -2.21. The molecular weight excluding hydrogens is 1310 g/mol.